The van der Waals surface area contributed by atoms with Crippen LogP contribution in [-0.4, -0.2) is 55.2 Å². The number of esters is 1. The predicted molar refractivity (Wildman–Crippen MR) is 117 cm³/mol. The second-order valence-corrected chi connectivity index (χ2v) is 7.76. The van der Waals surface area contributed by atoms with Gasteiger partial charge < -0.3 is 19.7 Å². The van der Waals surface area contributed by atoms with Crippen LogP contribution < -0.4 is 10.1 Å². The maximum Gasteiger partial charge on any atom is 0.339 e. The lowest BCUT2D eigenvalue weighted by Crippen LogP contribution is -2.36. The van der Waals surface area contributed by atoms with Gasteiger partial charge in [-0.2, -0.15) is 0 Å². The molecule has 2 aromatic carbocycles. The Morgan fingerprint density at radius 3 is 2.53 bits per heavy atom. The van der Waals surface area contributed by atoms with Gasteiger partial charge in [-0.15, -0.1) is 11.8 Å². The van der Waals surface area contributed by atoms with E-state index in [4.69, 9.17) is 9.47 Å². The van der Waals surface area contributed by atoms with Crippen molar-refractivity contribution in [2.45, 2.75) is 24.8 Å². The Labute approximate surface area is 180 Å². The Bertz CT molecular complexity index is 901. The van der Waals surface area contributed by atoms with Crippen molar-refractivity contribution in [3.8, 4) is 5.75 Å². The summed E-state index contributed by atoms with van der Waals surface area (Å²) in [7, 11) is 3.22. The van der Waals surface area contributed by atoms with Crippen molar-refractivity contribution in [1.82, 2.24) is 4.90 Å². The quantitative estimate of drug-likeness (QED) is 0.485. The van der Waals surface area contributed by atoms with Gasteiger partial charge in [-0.3, -0.25) is 9.59 Å². The van der Waals surface area contributed by atoms with Crippen molar-refractivity contribution in [3.05, 3.63) is 54.1 Å². The molecular weight excluding hydrogens is 404 g/mol. The number of methoxy groups -OCH3 is 1. The minimum Gasteiger partial charge on any atom is -0.497 e. The SMILES string of the molecule is COc1cccc(NC(=O)CSc2ccccc2C(=O)OCC(=O)N(C)C(C)C)c1. The molecule has 0 spiro atoms. The van der Waals surface area contributed by atoms with Gasteiger partial charge in [-0.05, 0) is 38.1 Å². The zero-order valence-electron chi connectivity index (χ0n) is 17.5. The first-order valence-corrected chi connectivity index (χ1v) is 10.4. The second-order valence-electron chi connectivity index (χ2n) is 6.74. The van der Waals surface area contributed by atoms with Gasteiger partial charge in [0.1, 0.15) is 5.75 Å². The summed E-state index contributed by atoms with van der Waals surface area (Å²) in [5.41, 5.74) is 0.942. The number of amides is 2. The van der Waals surface area contributed by atoms with Gasteiger partial charge in [-0.25, -0.2) is 4.79 Å². The molecule has 2 aromatic rings. The molecule has 0 fully saturated rings. The summed E-state index contributed by atoms with van der Waals surface area (Å²) in [6.07, 6.45) is 0. The number of benzene rings is 2. The van der Waals surface area contributed by atoms with Crippen molar-refractivity contribution in [2.24, 2.45) is 0 Å². The fraction of sp³-hybridized carbons (Fsp3) is 0.318. The summed E-state index contributed by atoms with van der Waals surface area (Å²) in [6, 6.07) is 13.9. The maximum absolute atomic E-state index is 12.4. The monoisotopic (exact) mass is 430 g/mol. The highest BCUT2D eigenvalue weighted by Gasteiger charge is 2.18. The van der Waals surface area contributed by atoms with Crippen LogP contribution >= 0.6 is 11.8 Å². The number of hydrogen-bond acceptors (Lipinski definition) is 6. The third kappa shape index (κ3) is 6.81. The van der Waals surface area contributed by atoms with Gasteiger partial charge in [0.05, 0.1) is 18.4 Å². The number of carbonyl (C=O) groups is 3. The molecule has 30 heavy (non-hydrogen) atoms. The molecule has 7 nitrogen and oxygen atoms in total. The molecular formula is C22H26N2O5S. The van der Waals surface area contributed by atoms with E-state index < -0.39 is 5.97 Å². The fourth-order valence-corrected chi connectivity index (χ4v) is 3.24. The van der Waals surface area contributed by atoms with Crippen LogP contribution in [0.1, 0.15) is 24.2 Å². The van der Waals surface area contributed by atoms with Gasteiger partial charge in [0.15, 0.2) is 6.61 Å². The molecule has 0 radical (unpaired) electrons. The van der Waals surface area contributed by atoms with Crippen LogP contribution in [0.4, 0.5) is 5.69 Å². The Morgan fingerprint density at radius 2 is 1.83 bits per heavy atom. The van der Waals surface area contributed by atoms with Crippen molar-refractivity contribution in [1.29, 1.82) is 0 Å². The van der Waals surface area contributed by atoms with E-state index in [1.165, 1.54) is 16.7 Å². The van der Waals surface area contributed by atoms with Gasteiger partial charge in [-0.1, -0.05) is 18.2 Å². The van der Waals surface area contributed by atoms with Crippen LogP contribution in [0.25, 0.3) is 0 Å². The zero-order valence-corrected chi connectivity index (χ0v) is 18.3. The van der Waals surface area contributed by atoms with Crippen LogP contribution in [0.5, 0.6) is 5.75 Å². The molecule has 0 unspecified atom stereocenters. The van der Waals surface area contributed by atoms with Gasteiger partial charge in [0, 0.05) is 29.7 Å². The van der Waals surface area contributed by atoms with Crippen LogP contribution in [0.15, 0.2) is 53.4 Å². The van der Waals surface area contributed by atoms with E-state index in [2.05, 4.69) is 5.32 Å². The van der Waals surface area contributed by atoms with Crippen LogP contribution in [0.2, 0.25) is 0 Å². The lowest BCUT2D eigenvalue weighted by molar-refractivity contribution is -0.134. The summed E-state index contributed by atoms with van der Waals surface area (Å²) in [6.45, 7) is 3.42. The largest absolute Gasteiger partial charge is 0.497 e. The molecule has 0 aliphatic carbocycles. The van der Waals surface area contributed by atoms with Gasteiger partial charge in [0.2, 0.25) is 5.91 Å². The van der Waals surface area contributed by atoms with Crippen molar-refractivity contribution < 1.29 is 23.9 Å². The van der Waals surface area contributed by atoms with E-state index in [1.807, 2.05) is 13.8 Å². The highest BCUT2D eigenvalue weighted by molar-refractivity contribution is 8.00. The molecule has 2 rings (SSSR count). The third-order valence-electron chi connectivity index (χ3n) is 4.31. The van der Waals surface area contributed by atoms with Gasteiger partial charge in [0.25, 0.3) is 5.91 Å². The van der Waals surface area contributed by atoms with E-state index in [0.29, 0.717) is 21.9 Å². The summed E-state index contributed by atoms with van der Waals surface area (Å²) >= 11 is 1.22. The molecule has 0 atom stereocenters. The lowest BCUT2D eigenvalue weighted by atomic mass is 10.2. The summed E-state index contributed by atoms with van der Waals surface area (Å²) in [5, 5.41) is 2.79. The number of nitrogens with one attached hydrogen (secondary N) is 1. The van der Waals surface area contributed by atoms with Crippen molar-refractivity contribution in [3.63, 3.8) is 0 Å². The standard InChI is InChI=1S/C22H26N2O5S/c1-15(2)24(3)21(26)13-29-22(27)18-10-5-6-11-19(18)30-14-20(25)23-16-8-7-9-17(12-16)28-4/h5-12,15H,13-14H2,1-4H3,(H,23,25). The number of thioether (sulfide) groups is 1. The van der Waals surface area contributed by atoms with Gasteiger partial charge >= 0.3 is 5.97 Å². The molecule has 0 aliphatic rings. The van der Waals surface area contributed by atoms with Crippen molar-refractivity contribution in [2.75, 3.05) is 31.8 Å². The van der Waals surface area contributed by atoms with E-state index >= 15 is 0 Å². The minimum atomic E-state index is -0.600. The first-order chi connectivity index (χ1) is 14.3. The summed E-state index contributed by atoms with van der Waals surface area (Å²) < 4.78 is 10.3. The number of anilines is 1. The smallest absolute Gasteiger partial charge is 0.339 e. The number of hydrogen-bond donors (Lipinski definition) is 1. The Balaban J connectivity index is 1.95. The lowest BCUT2D eigenvalue weighted by Gasteiger charge is -2.21. The molecule has 8 heteroatoms. The number of carbonyl (C=O) groups excluding carboxylic acids is 3. The number of ether oxygens (including phenoxy) is 2. The summed E-state index contributed by atoms with van der Waals surface area (Å²) in [4.78, 5) is 38.9. The molecule has 0 heterocycles. The normalized spacial score (nSPS) is 10.4. The average molecular weight is 431 g/mol. The molecule has 0 aliphatic heterocycles. The first-order valence-electron chi connectivity index (χ1n) is 9.40. The fourth-order valence-electron chi connectivity index (χ4n) is 2.40. The Morgan fingerprint density at radius 1 is 1.10 bits per heavy atom. The number of nitrogens with zero attached hydrogens (tertiary/aromatic N) is 1. The second kappa shape index (κ2) is 11.3. The molecule has 160 valence electrons. The molecule has 2 amide bonds. The van der Waals surface area contributed by atoms with Crippen LogP contribution in [0, 0.1) is 0 Å². The summed E-state index contributed by atoms with van der Waals surface area (Å²) in [5.74, 6) is -0.342. The minimum absolute atomic E-state index is 0.0159. The predicted octanol–water partition coefficient (Wildman–Crippen LogP) is 3.45. The van der Waals surface area contributed by atoms with E-state index in [-0.39, 0.29) is 30.2 Å². The van der Waals surface area contributed by atoms with Crippen LogP contribution in [0.3, 0.4) is 0 Å². The number of likely N-dealkylation sites (N-methyl/N-ethyl adjacent to an activating group) is 1. The maximum atomic E-state index is 12.4. The molecule has 0 bridgehead atoms. The van der Waals surface area contributed by atoms with E-state index in [9.17, 15) is 14.4 Å². The highest BCUT2D eigenvalue weighted by atomic mass is 32.2. The highest BCUT2D eigenvalue weighted by Crippen LogP contribution is 2.24. The average Bonchev–Trinajstić information content (AvgIpc) is 2.75. The van der Waals surface area contributed by atoms with Crippen LogP contribution in [-0.2, 0) is 14.3 Å². The zero-order chi connectivity index (χ0) is 22.1. The Kier molecular flexibility index (Phi) is 8.73. The molecule has 1 N–H and O–H groups in total. The molecule has 0 saturated carbocycles. The number of rotatable bonds is 9. The van der Waals surface area contributed by atoms with Crippen molar-refractivity contribution >= 4 is 35.2 Å². The topological polar surface area (TPSA) is 84.9 Å². The van der Waals surface area contributed by atoms with E-state index in [0.717, 1.165) is 0 Å². The third-order valence-corrected chi connectivity index (χ3v) is 5.39. The Hall–Kier alpha value is -3.00. The first kappa shape index (κ1) is 23.3. The van der Waals surface area contributed by atoms with E-state index in [1.54, 1.807) is 62.7 Å². The molecule has 0 saturated heterocycles. The molecule has 0 aromatic heterocycles.